The Kier molecular flexibility index (Phi) is 11.1. The van der Waals surface area contributed by atoms with Crippen LogP contribution >= 0.6 is 0 Å². The number of hydrogen-bond donors (Lipinski definition) is 3. The molecule has 0 unspecified atom stereocenters. The summed E-state index contributed by atoms with van der Waals surface area (Å²) in [6, 6.07) is 19.5. The van der Waals surface area contributed by atoms with E-state index >= 15 is 0 Å². The van der Waals surface area contributed by atoms with Gasteiger partial charge in [-0.2, -0.15) is 0 Å². The second-order valence-corrected chi connectivity index (χ2v) is 10.6. The molecule has 0 spiro atoms. The molecule has 40 heavy (non-hydrogen) atoms. The summed E-state index contributed by atoms with van der Waals surface area (Å²) >= 11 is 0. The Labute approximate surface area is 236 Å². The fourth-order valence-electron chi connectivity index (χ4n) is 4.29. The molecule has 3 atom stereocenters. The van der Waals surface area contributed by atoms with Crippen LogP contribution in [0, 0.1) is 11.7 Å². The van der Waals surface area contributed by atoms with E-state index in [1.54, 1.807) is 25.1 Å². The highest BCUT2D eigenvalue weighted by Crippen LogP contribution is 2.25. The zero-order valence-corrected chi connectivity index (χ0v) is 23.8. The van der Waals surface area contributed by atoms with Crippen molar-refractivity contribution in [3.63, 3.8) is 0 Å². The summed E-state index contributed by atoms with van der Waals surface area (Å²) in [5.74, 6) is -0.314. The fraction of sp³-hybridized carbons (Fsp3) is 0.375. The van der Waals surface area contributed by atoms with Gasteiger partial charge in [-0.25, -0.2) is 4.39 Å². The number of hydrogen-bond acceptors (Lipinski definition) is 5. The predicted octanol–water partition coefficient (Wildman–Crippen LogP) is 5.73. The SMILES string of the molecule is CC(C)Oc1cc(OC(C)C)cc(C(=O)N[C@@H](Cc2ccccc2)[C@@H](N)C[C@@H](C)C(=O)Nc2ccc(F)cc2)c1. The van der Waals surface area contributed by atoms with E-state index in [0.717, 1.165) is 5.56 Å². The lowest BCUT2D eigenvalue weighted by Gasteiger charge is -2.27. The number of nitrogens with one attached hydrogen (secondary N) is 2. The molecule has 0 bridgehead atoms. The van der Waals surface area contributed by atoms with Gasteiger partial charge in [0.15, 0.2) is 0 Å². The summed E-state index contributed by atoms with van der Waals surface area (Å²) in [7, 11) is 0. The second kappa shape index (κ2) is 14.5. The molecular weight excluding hydrogens is 509 g/mol. The van der Waals surface area contributed by atoms with Crippen molar-refractivity contribution in [2.75, 3.05) is 5.32 Å². The van der Waals surface area contributed by atoms with E-state index in [-0.39, 0.29) is 29.8 Å². The van der Waals surface area contributed by atoms with E-state index in [4.69, 9.17) is 15.2 Å². The summed E-state index contributed by atoms with van der Waals surface area (Å²) in [5, 5.41) is 5.89. The Morgan fingerprint density at radius 2 is 1.43 bits per heavy atom. The van der Waals surface area contributed by atoms with Crippen LogP contribution in [0.5, 0.6) is 11.5 Å². The first-order valence-electron chi connectivity index (χ1n) is 13.7. The number of benzene rings is 3. The molecule has 8 heteroatoms. The van der Waals surface area contributed by atoms with Gasteiger partial charge >= 0.3 is 0 Å². The standard InChI is InChI=1S/C32H40FN3O4/c1-20(2)39-27-17-24(18-28(19-27)40-21(3)4)32(38)36-30(16-23-9-7-6-8-10-23)29(34)15-22(5)31(37)35-26-13-11-25(33)12-14-26/h6-14,17-22,29-30H,15-16,34H2,1-5H3,(H,35,37)(H,36,38)/t22-,29+,30+/m1/s1. The zero-order valence-electron chi connectivity index (χ0n) is 23.8. The molecule has 0 aliphatic heterocycles. The molecule has 3 aromatic carbocycles. The lowest BCUT2D eigenvalue weighted by molar-refractivity contribution is -0.119. The third-order valence-electron chi connectivity index (χ3n) is 6.20. The van der Waals surface area contributed by atoms with Crippen LogP contribution in [0.3, 0.4) is 0 Å². The van der Waals surface area contributed by atoms with Crippen molar-refractivity contribution in [3.05, 3.63) is 89.7 Å². The predicted molar refractivity (Wildman–Crippen MR) is 156 cm³/mol. The molecule has 0 aromatic heterocycles. The molecule has 0 aliphatic rings. The highest BCUT2D eigenvalue weighted by atomic mass is 19.1. The van der Waals surface area contributed by atoms with Crippen LogP contribution in [0.15, 0.2) is 72.8 Å². The summed E-state index contributed by atoms with van der Waals surface area (Å²) in [4.78, 5) is 26.4. The van der Waals surface area contributed by atoms with E-state index in [1.807, 2.05) is 58.0 Å². The van der Waals surface area contributed by atoms with Crippen LogP contribution in [-0.2, 0) is 11.2 Å². The Morgan fingerprint density at radius 3 is 1.98 bits per heavy atom. The number of halogens is 1. The number of rotatable bonds is 13. The largest absolute Gasteiger partial charge is 0.491 e. The molecule has 0 aliphatic carbocycles. The second-order valence-electron chi connectivity index (χ2n) is 10.6. The van der Waals surface area contributed by atoms with Crippen LogP contribution < -0.4 is 25.8 Å². The fourth-order valence-corrected chi connectivity index (χ4v) is 4.29. The van der Waals surface area contributed by atoms with Gasteiger partial charge in [-0.05, 0) is 82.5 Å². The Bertz CT molecular complexity index is 1220. The van der Waals surface area contributed by atoms with Gasteiger partial charge in [0.25, 0.3) is 5.91 Å². The van der Waals surface area contributed by atoms with E-state index < -0.39 is 18.0 Å². The number of anilines is 1. The van der Waals surface area contributed by atoms with E-state index in [9.17, 15) is 14.0 Å². The zero-order chi connectivity index (χ0) is 29.2. The maximum absolute atomic E-state index is 13.5. The maximum atomic E-state index is 13.5. The minimum atomic E-state index is -0.528. The van der Waals surface area contributed by atoms with Crippen LogP contribution in [0.2, 0.25) is 0 Å². The molecule has 3 aromatic rings. The summed E-state index contributed by atoms with van der Waals surface area (Å²) in [5.41, 5.74) is 8.54. The maximum Gasteiger partial charge on any atom is 0.251 e. The average Bonchev–Trinajstić information content (AvgIpc) is 2.89. The third-order valence-corrected chi connectivity index (χ3v) is 6.20. The van der Waals surface area contributed by atoms with Crippen molar-refractivity contribution in [2.24, 2.45) is 11.7 Å². The molecule has 2 amide bonds. The van der Waals surface area contributed by atoms with E-state index in [2.05, 4.69) is 10.6 Å². The van der Waals surface area contributed by atoms with Gasteiger partial charge in [-0.1, -0.05) is 37.3 Å². The van der Waals surface area contributed by atoms with Crippen molar-refractivity contribution >= 4 is 17.5 Å². The van der Waals surface area contributed by atoms with Gasteiger partial charge in [-0.3, -0.25) is 9.59 Å². The monoisotopic (exact) mass is 549 g/mol. The van der Waals surface area contributed by atoms with E-state index in [1.165, 1.54) is 24.3 Å². The minimum absolute atomic E-state index is 0.0768. The minimum Gasteiger partial charge on any atom is -0.491 e. The molecule has 0 heterocycles. The van der Waals surface area contributed by atoms with Crippen LogP contribution in [0.4, 0.5) is 10.1 Å². The molecule has 0 saturated heterocycles. The van der Waals surface area contributed by atoms with Crippen molar-refractivity contribution < 1.29 is 23.5 Å². The highest BCUT2D eigenvalue weighted by molar-refractivity contribution is 5.95. The Hall–Kier alpha value is -3.91. The summed E-state index contributed by atoms with van der Waals surface area (Å²) in [6.07, 6.45) is 0.652. The number of nitrogens with two attached hydrogens (primary N) is 1. The normalized spacial score (nSPS) is 13.4. The van der Waals surface area contributed by atoms with Crippen LogP contribution in [-0.4, -0.2) is 36.1 Å². The third kappa shape index (κ3) is 9.68. The number of ether oxygens (including phenoxy) is 2. The Balaban J connectivity index is 1.78. The number of amides is 2. The van der Waals surface area contributed by atoms with Crippen molar-refractivity contribution in [3.8, 4) is 11.5 Å². The average molecular weight is 550 g/mol. The summed E-state index contributed by atoms with van der Waals surface area (Å²) in [6.45, 7) is 9.44. The highest BCUT2D eigenvalue weighted by Gasteiger charge is 2.26. The molecule has 4 N–H and O–H groups in total. The van der Waals surface area contributed by atoms with Crippen molar-refractivity contribution in [1.29, 1.82) is 0 Å². The molecule has 7 nitrogen and oxygen atoms in total. The van der Waals surface area contributed by atoms with Crippen LogP contribution in [0.1, 0.15) is 57.0 Å². The van der Waals surface area contributed by atoms with Crippen molar-refractivity contribution in [2.45, 2.75) is 71.8 Å². The first kappa shape index (κ1) is 30.6. The molecular formula is C32H40FN3O4. The number of carbonyl (C=O) groups excluding carboxylic acids is 2. The first-order valence-corrected chi connectivity index (χ1v) is 13.7. The molecule has 0 saturated carbocycles. The van der Waals surface area contributed by atoms with Gasteiger partial charge in [0.2, 0.25) is 5.91 Å². The van der Waals surface area contributed by atoms with Crippen LogP contribution in [0.25, 0.3) is 0 Å². The lowest BCUT2D eigenvalue weighted by atomic mass is 9.92. The first-order chi connectivity index (χ1) is 19.0. The van der Waals surface area contributed by atoms with Gasteiger partial charge in [0.1, 0.15) is 17.3 Å². The lowest BCUT2D eigenvalue weighted by Crippen LogP contribution is -2.50. The van der Waals surface area contributed by atoms with E-state index in [0.29, 0.717) is 35.6 Å². The summed E-state index contributed by atoms with van der Waals surface area (Å²) < 4.78 is 24.9. The van der Waals surface area contributed by atoms with Gasteiger partial charge in [-0.15, -0.1) is 0 Å². The Morgan fingerprint density at radius 1 is 0.850 bits per heavy atom. The van der Waals surface area contributed by atoms with Gasteiger partial charge < -0.3 is 25.8 Å². The van der Waals surface area contributed by atoms with Gasteiger partial charge in [0, 0.05) is 35.3 Å². The van der Waals surface area contributed by atoms with Gasteiger partial charge in [0.05, 0.1) is 12.2 Å². The molecule has 214 valence electrons. The van der Waals surface area contributed by atoms with Crippen molar-refractivity contribution in [1.82, 2.24) is 5.32 Å². The quantitative estimate of drug-likeness (QED) is 0.253. The topological polar surface area (TPSA) is 103 Å². The smallest absolute Gasteiger partial charge is 0.251 e. The molecule has 0 fully saturated rings. The number of carbonyl (C=O) groups is 2. The molecule has 3 rings (SSSR count). The molecule has 0 radical (unpaired) electrons.